The molecular weight excluding hydrogens is 224 g/mol. The van der Waals surface area contributed by atoms with Crippen molar-refractivity contribution in [2.75, 3.05) is 20.6 Å². The molecule has 0 fully saturated rings. The van der Waals surface area contributed by atoms with Crippen LogP contribution in [0, 0.1) is 0 Å². The highest BCUT2D eigenvalue weighted by Crippen LogP contribution is 2.08. The third kappa shape index (κ3) is 4.88. The van der Waals surface area contributed by atoms with E-state index in [1.807, 2.05) is 14.1 Å². The topological polar surface area (TPSA) is 32.3 Å². The molecule has 0 unspecified atom stereocenters. The van der Waals surface area contributed by atoms with Crippen molar-refractivity contribution < 1.29 is 4.79 Å². The van der Waals surface area contributed by atoms with Gasteiger partial charge in [-0.1, -0.05) is 31.2 Å². The monoisotopic (exact) mass is 248 g/mol. The number of carbonyl (C=O) groups excluding carboxylic acids is 1. The Morgan fingerprint density at radius 3 is 2.39 bits per heavy atom. The summed E-state index contributed by atoms with van der Waals surface area (Å²) in [7, 11) is 3.78. The van der Waals surface area contributed by atoms with Crippen LogP contribution in [0.2, 0.25) is 0 Å². The van der Waals surface area contributed by atoms with Gasteiger partial charge in [-0.05, 0) is 37.6 Å². The van der Waals surface area contributed by atoms with Crippen LogP contribution in [0.5, 0.6) is 0 Å². The van der Waals surface area contributed by atoms with Crippen LogP contribution < -0.4 is 5.32 Å². The molecule has 0 atom stereocenters. The average Bonchev–Trinajstić information content (AvgIpc) is 2.39. The number of carbonyl (C=O) groups is 1. The molecule has 1 aromatic rings. The highest BCUT2D eigenvalue weighted by molar-refractivity contribution is 5.75. The SMILES string of the molecule is CCc1ccc(CN(C)C(=O)CCCNC)cc1. The normalized spacial score (nSPS) is 10.4. The van der Waals surface area contributed by atoms with Crippen molar-refractivity contribution in [3.05, 3.63) is 35.4 Å². The van der Waals surface area contributed by atoms with E-state index in [1.165, 1.54) is 11.1 Å². The Balaban J connectivity index is 2.42. The first-order valence-electron chi connectivity index (χ1n) is 6.63. The van der Waals surface area contributed by atoms with Crippen LogP contribution in [0.15, 0.2) is 24.3 Å². The second-order valence-electron chi connectivity index (χ2n) is 4.63. The van der Waals surface area contributed by atoms with Crippen LogP contribution in [-0.4, -0.2) is 31.4 Å². The molecule has 1 aromatic carbocycles. The first kappa shape index (κ1) is 14.7. The molecular formula is C15H24N2O. The number of benzene rings is 1. The van der Waals surface area contributed by atoms with Gasteiger partial charge in [0.15, 0.2) is 0 Å². The molecule has 3 nitrogen and oxygen atoms in total. The first-order valence-corrected chi connectivity index (χ1v) is 6.63. The van der Waals surface area contributed by atoms with Gasteiger partial charge in [0.2, 0.25) is 5.91 Å². The van der Waals surface area contributed by atoms with Crippen LogP contribution in [0.3, 0.4) is 0 Å². The number of hydrogen-bond donors (Lipinski definition) is 1. The van der Waals surface area contributed by atoms with Gasteiger partial charge in [-0.2, -0.15) is 0 Å². The minimum absolute atomic E-state index is 0.213. The van der Waals surface area contributed by atoms with E-state index in [-0.39, 0.29) is 5.91 Å². The molecule has 1 amide bonds. The molecule has 18 heavy (non-hydrogen) atoms. The molecule has 0 saturated carbocycles. The largest absolute Gasteiger partial charge is 0.341 e. The molecule has 0 radical (unpaired) electrons. The minimum atomic E-state index is 0.213. The van der Waals surface area contributed by atoms with E-state index >= 15 is 0 Å². The number of aryl methyl sites for hydroxylation is 1. The Labute approximate surface area is 110 Å². The van der Waals surface area contributed by atoms with E-state index in [4.69, 9.17) is 0 Å². The highest BCUT2D eigenvalue weighted by atomic mass is 16.2. The zero-order valence-corrected chi connectivity index (χ0v) is 11.7. The lowest BCUT2D eigenvalue weighted by Crippen LogP contribution is -2.26. The second-order valence-corrected chi connectivity index (χ2v) is 4.63. The van der Waals surface area contributed by atoms with Crippen molar-refractivity contribution in [2.45, 2.75) is 32.7 Å². The number of hydrogen-bond acceptors (Lipinski definition) is 2. The summed E-state index contributed by atoms with van der Waals surface area (Å²) in [5, 5.41) is 3.05. The van der Waals surface area contributed by atoms with E-state index in [2.05, 4.69) is 36.5 Å². The van der Waals surface area contributed by atoms with Crippen LogP contribution in [0.1, 0.15) is 30.9 Å². The summed E-state index contributed by atoms with van der Waals surface area (Å²) < 4.78 is 0. The highest BCUT2D eigenvalue weighted by Gasteiger charge is 2.08. The number of nitrogens with one attached hydrogen (secondary N) is 1. The van der Waals surface area contributed by atoms with Gasteiger partial charge in [0.1, 0.15) is 0 Å². The maximum atomic E-state index is 11.8. The lowest BCUT2D eigenvalue weighted by molar-refractivity contribution is -0.130. The fraction of sp³-hybridized carbons (Fsp3) is 0.533. The molecule has 100 valence electrons. The standard InChI is InChI=1S/C15H24N2O/c1-4-13-7-9-14(10-8-13)12-17(3)15(18)6-5-11-16-2/h7-10,16H,4-6,11-12H2,1-3H3. The number of nitrogens with zero attached hydrogens (tertiary/aromatic N) is 1. The fourth-order valence-corrected chi connectivity index (χ4v) is 1.85. The van der Waals surface area contributed by atoms with Gasteiger partial charge in [-0.3, -0.25) is 4.79 Å². The maximum absolute atomic E-state index is 11.8. The van der Waals surface area contributed by atoms with Gasteiger partial charge >= 0.3 is 0 Å². The van der Waals surface area contributed by atoms with Crippen molar-refractivity contribution in [3.63, 3.8) is 0 Å². The quantitative estimate of drug-likeness (QED) is 0.750. The van der Waals surface area contributed by atoms with Crippen molar-refractivity contribution in [2.24, 2.45) is 0 Å². The Hall–Kier alpha value is -1.35. The van der Waals surface area contributed by atoms with Gasteiger partial charge in [0, 0.05) is 20.0 Å². The molecule has 0 spiro atoms. The van der Waals surface area contributed by atoms with E-state index in [1.54, 1.807) is 4.90 Å². The van der Waals surface area contributed by atoms with Gasteiger partial charge in [0.25, 0.3) is 0 Å². The molecule has 0 heterocycles. The van der Waals surface area contributed by atoms with Gasteiger partial charge in [0.05, 0.1) is 0 Å². The third-order valence-electron chi connectivity index (χ3n) is 3.09. The Morgan fingerprint density at radius 1 is 1.22 bits per heavy atom. The zero-order chi connectivity index (χ0) is 13.4. The summed E-state index contributed by atoms with van der Waals surface area (Å²) in [6.45, 7) is 3.74. The Morgan fingerprint density at radius 2 is 1.83 bits per heavy atom. The average molecular weight is 248 g/mol. The van der Waals surface area contributed by atoms with E-state index in [0.29, 0.717) is 13.0 Å². The van der Waals surface area contributed by atoms with Gasteiger partial charge in [-0.25, -0.2) is 0 Å². The fourth-order valence-electron chi connectivity index (χ4n) is 1.85. The van der Waals surface area contributed by atoms with E-state index in [9.17, 15) is 4.79 Å². The van der Waals surface area contributed by atoms with Crippen molar-refractivity contribution in [1.29, 1.82) is 0 Å². The van der Waals surface area contributed by atoms with Crippen LogP contribution in [0.4, 0.5) is 0 Å². The summed E-state index contributed by atoms with van der Waals surface area (Å²) in [4.78, 5) is 13.6. The molecule has 3 heteroatoms. The van der Waals surface area contributed by atoms with Crippen molar-refractivity contribution in [1.82, 2.24) is 10.2 Å². The van der Waals surface area contributed by atoms with E-state index in [0.717, 1.165) is 19.4 Å². The van der Waals surface area contributed by atoms with Crippen LogP contribution in [-0.2, 0) is 17.8 Å². The summed E-state index contributed by atoms with van der Waals surface area (Å²) >= 11 is 0. The second kappa shape index (κ2) is 7.88. The molecule has 0 aliphatic rings. The molecule has 0 aromatic heterocycles. The summed E-state index contributed by atoms with van der Waals surface area (Å²) in [5.74, 6) is 0.213. The molecule has 0 aliphatic heterocycles. The van der Waals surface area contributed by atoms with Crippen LogP contribution >= 0.6 is 0 Å². The first-order chi connectivity index (χ1) is 8.67. The summed E-state index contributed by atoms with van der Waals surface area (Å²) in [6, 6.07) is 8.48. The third-order valence-corrected chi connectivity index (χ3v) is 3.09. The molecule has 0 aliphatic carbocycles. The number of amides is 1. The summed E-state index contributed by atoms with van der Waals surface area (Å²) in [5.41, 5.74) is 2.53. The smallest absolute Gasteiger partial charge is 0.222 e. The molecule has 0 bridgehead atoms. The van der Waals surface area contributed by atoms with Crippen LogP contribution in [0.25, 0.3) is 0 Å². The lowest BCUT2D eigenvalue weighted by Gasteiger charge is -2.17. The predicted molar refractivity (Wildman–Crippen MR) is 75.5 cm³/mol. The molecule has 1 N–H and O–H groups in total. The molecule has 0 saturated heterocycles. The van der Waals surface area contributed by atoms with Crippen molar-refractivity contribution >= 4 is 5.91 Å². The summed E-state index contributed by atoms with van der Waals surface area (Å²) in [6.07, 6.45) is 2.57. The number of rotatable bonds is 7. The van der Waals surface area contributed by atoms with Gasteiger partial charge < -0.3 is 10.2 Å². The molecule has 1 rings (SSSR count). The minimum Gasteiger partial charge on any atom is -0.341 e. The predicted octanol–water partition coefficient (Wildman–Crippen LogP) is 2.21. The Kier molecular flexibility index (Phi) is 6.44. The lowest BCUT2D eigenvalue weighted by atomic mass is 10.1. The Bertz CT molecular complexity index is 359. The maximum Gasteiger partial charge on any atom is 0.222 e. The zero-order valence-electron chi connectivity index (χ0n) is 11.7. The van der Waals surface area contributed by atoms with Crippen molar-refractivity contribution in [3.8, 4) is 0 Å². The van der Waals surface area contributed by atoms with Gasteiger partial charge in [-0.15, -0.1) is 0 Å². The van der Waals surface area contributed by atoms with E-state index < -0.39 is 0 Å².